The van der Waals surface area contributed by atoms with E-state index in [9.17, 15) is 10.2 Å². The van der Waals surface area contributed by atoms with E-state index < -0.39 is 12.2 Å². The molecular formula is C8H11N3O2. The van der Waals surface area contributed by atoms with Crippen molar-refractivity contribution in [1.29, 1.82) is 5.26 Å². The summed E-state index contributed by atoms with van der Waals surface area (Å²) in [6.45, 7) is 1.74. The van der Waals surface area contributed by atoms with Gasteiger partial charge < -0.3 is 15.2 Å². The third kappa shape index (κ3) is 2.05. The van der Waals surface area contributed by atoms with Gasteiger partial charge in [0.05, 0.1) is 30.6 Å². The molecule has 0 aliphatic carbocycles. The second kappa shape index (κ2) is 4.03. The van der Waals surface area contributed by atoms with Crippen molar-refractivity contribution in [1.82, 2.24) is 9.97 Å². The number of hydrogen-bond acceptors (Lipinski definition) is 4. The van der Waals surface area contributed by atoms with Gasteiger partial charge in [0.2, 0.25) is 0 Å². The lowest BCUT2D eigenvalue weighted by atomic mass is 10.1. The van der Waals surface area contributed by atoms with E-state index in [1.165, 1.54) is 6.33 Å². The lowest BCUT2D eigenvalue weighted by Crippen LogP contribution is -2.18. The first-order chi connectivity index (χ1) is 6.16. The van der Waals surface area contributed by atoms with Crippen LogP contribution in [0.5, 0.6) is 0 Å². The maximum absolute atomic E-state index is 9.51. The zero-order valence-electron chi connectivity index (χ0n) is 7.23. The van der Waals surface area contributed by atoms with Crippen LogP contribution in [-0.4, -0.2) is 26.3 Å². The minimum absolute atomic E-state index is 0.104. The van der Waals surface area contributed by atoms with Crippen molar-refractivity contribution in [2.75, 3.05) is 0 Å². The topological polar surface area (TPSA) is 92.9 Å². The Morgan fingerprint density at radius 3 is 2.85 bits per heavy atom. The molecule has 5 nitrogen and oxygen atoms in total. The Balaban J connectivity index is 2.74. The Bertz CT molecular complexity index is 315. The van der Waals surface area contributed by atoms with Crippen molar-refractivity contribution in [3.05, 3.63) is 17.7 Å². The average molecular weight is 181 g/mol. The third-order valence-electron chi connectivity index (χ3n) is 1.81. The van der Waals surface area contributed by atoms with Gasteiger partial charge >= 0.3 is 0 Å². The van der Waals surface area contributed by atoms with Crippen molar-refractivity contribution in [2.24, 2.45) is 0 Å². The van der Waals surface area contributed by atoms with Gasteiger partial charge in [-0.05, 0) is 6.92 Å². The SMILES string of the molecule is Cc1[nH]cnc1C(O)C(O)CC#N. The first-order valence-electron chi connectivity index (χ1n) is 3.89. The summed E-state index contributed by atoms with van der Waals surface area (Å²) in [5, 5.41) is 27.1. The van der Waals surface area contributed by atoms with Gasteiger partial charge in [-0.2, -0.15) is 5.26 Å². The Morgan fingerprint density at radius 1 is 1.69 bits per heavy atom. The fourth-order valence-corrected chi connectivity index (χ4v) is 1.05. The number of aliphatic hydroxyl groups is 2. The maximum atomic E-state index is 9.51. The summed E-state index contributed by atoms with van der Waals surface area (Å²) in [7, 11) is 0. The van der Waals surface area contributed by atoms with E-state index in [1.54, 1.807) is 13.0 Å². The Morgan fingerprint density at radius 2 is 2.38 bits per heavy atom. The number of nitriles is 1. The number of aryl methyl sites for hydroxylation is 1. The number of aromatic amines is 1. The molecule has 0 amide bonds. The number of imidazole rings is 1. The van der Waals surface area contributed by atoms with Gasteiger partial charge in [0.1, 0.15) is 6.10 Å². The molecule has 0 aliphatic rings. The van der Waals surface area contributed by atoms with E-state index in [-0.39, 0.29) is 6.42 Å². The van der Waals surface area contributed by atoms with Gasteiger partial charge in [0, 0.05) is 5.69 Å². The minimum Gasteiger partial charge on any atom is -0.389 e. The molecule has 70 valence electrons. The molecule has 0 saturated heterocycles. The van der Waals surface area contributed by atoms with Crippen molar-refractivity contribution in [2.45, 2.75) is 25.6 Å². The molecule has 3 N–H and O–H groups in total. The predicted molar refractivity (Wildman–Crippen MR) is 44.5 cm³/mol. The molecular weight excluding hydrogens is 170 g/mol. The van der Waals surface area contributed by atoms with E-state index in [0.717, 1.165) is 0 Å². The number of hydrogen-bond donors (Lipinski definition) is 3. The lowest BCUT2D eigenvalue weighted by molar-refractivity contribution is 0.0189. The molecule has 0 bridgehead atoms. The van der Waals surface area contributed by atoms with Gasteiger partial charge in [-0.3, -0.25) is 0 Å². The maximum Gasteiger partial charge on any atom is 0.125 e. The molecule has 1 aromatic rings. The van der Waals surface area contributed by atoms with E-state index in [4.69, 9.17) is 5.26 Å². The highest BCUT2D eigenvalue weighted by Crippen LogP contribution is 2.18. The van der Waals surface area contributed by atoms with Crippen LogP contribution in [0.1, 0.15) is 23.9 Å². The molecule has 0 aromatic carbocycles. The average Bonchev–Trinajstić information content (AvgIpc) is 2.50. The summed E-state index contributed by atoms with van der Waals surface area (Å²) >= 11 is 0. The Labute approximate surface area is 75.7 Å². The molecule has 2 atom stereocenters. The normalized spacial score (nSPS) is 14.9. The molecule has 1 aromatic heterocycles. The molecule has 1 rings (SSSR count). The standard InChI is InChI=1S/C8H11N3O2/c1-5-7(11-4-10-5)8(13)6(12)2-3-9/h4,6,8,12-13H,2H2,1H3,(H,10,11). The number of aromatic nitrogens is 2. The van der Waals surface area contributed by atoms with Crippen LogP contribution in [0.2, 0.25) is 0 Å². The number of nitrogens with one attached hydrogen (secondary N) is 1. The predicted octanol–water partition coefficient (Wildman–Crippen LogP) is 0.0261. The molecule has 0 radical (unpaired) electrons. The smallest absolute Gasteiger partial charge is 0.125 e. The van der Waals surface area contributed by atoms with Crippen LogP contribution in [0.4, 0.5) is 0 Å². The van der Waals surface area contributed by atoms with Crippen LogP contribution in [0.25, 0.3) is 0 Å². The molecule has 0 fully saturated rings. The fourth-order valence-electron chi connectivity index (χ4n) is 1.05. The molecule has 0 saturated carbocycles. The monoisotopic (exact) mass is 181 g/mol. The van der Waals surface area contributed by atoms with E-state index in [1.807, 2.05) is 0 Å². The summed E-state index contributed by atoms with van der Waals surface area (Å²) in [6.07, 6.45) is -0.835. The number of H-pyrrole nitrogens is 1. The summed E-state index contributed by atoms with van der Waals surface area (Å²) in [5.74, 6) is 0. The zero-order valence-corrected chi connectivity index (χ0v) is 7.23. The number of rotatable bonds is 3. The van der Waals surface area contributed by atoms with Gasteiger partial charge in [-0.25, -0.2) is 4.98 Å². The molecule has 0 aliphatic heterocycles. The summed E-state index contributed by atoms with van der Waals surface area (Å²) in [4.78, 5) is 6.63. The first-order valence-corrected chi connectivity index (χ1v) is 3.89. The highest BCUT2D eigenvalue weighted by Gasteiger charge is 2.21. The second-order valence-electron chi connectivity index (χ2n) is 2.79. The summed E-state index contributed by atoms with van der Waals surface area (Å²) in [5.41, 5.74) is 1.09. The van der Waals surface area contributed by atoms with E-state index >= 15 is 0 Å². The third-order valence-corrected chi connectivity index (χ3v) is 1.81. The molecule has 13 heavy (non-hydrogen) atoms. The molecule has 0 spiro atoms. The van der Waals surface area contributed by atoms with Crippen LogP contribution in [0.15, 0.2) is 6.33 Å². The van der Waals surface area contributed by atoms with E-state index in [0.29, 0.717) is 11.4 Å². The van der Waals surface area contributed by atoms with Gasteiger partial charge in [-0.1, -0.05) is 0 Å². The largest absolute Gasteiger partial charge is 0.389 e. The highest BCUT2D eigenvalue weighted by atomic mass is 16.3. The fraction of sp³-hybridized carbons (Fsp3) is 0.500. The van der Waals surface area contributed by atoms with Gasteiger partial charge in [0.15, 0.2) is 0 Å². The van der Waals surface area contributed by atoms with Crippen LogP contribution in [0, 0.1) is 18.3 Å². The van der Waals surface area contributed by atoms with Gasteiger partial charge in [0.25, 0.3) is 0 Å². The highest BCUT2D eigenvalue weighted by molar-refractivity contribution is 5.13. The molecule has 1 heterocycles. The van der Waals surface area contributed by atoms with Crippen molar-refractivity contribution in [3.8, 4) is 6.07 Å². The Kier molecular flexibility index (Phi) is 3.01. The van der Waals surface area contributed by atoms with Crippen LogP contribution >= 0.6 is 0 Å². The van der Waals surface area contributed by atoms with Crippen LogP contribution in [-0.2, 0) is 0 Å². The van der Waals surface area contributed by atoms with E-state index in [2.05, 4.69) is 9.97 Å². The number of aliphatic hydroxyl groups excluding tert-OH is 2. The minimum atomic E-state index is -1.09. The van der Waals surface area contributed by atoms with Crippen LogP contribution < -0.4 is 0 Å². The summed E-state index contributed by atoms with van der Waals surface area (Å²) < 4.78 is 0. The number of nitrogens with zero attached hydrogens (tertiary/aromatic N) is 2. The van der Waals surface area contributed by atoms with Crippen molar-refractivity contribution in [3.63, 3.8) is 0 Å². The molecule has 5 heteroatoms. The van der Waals surface area contributed by atoms with Crippen molar-refractivity contribution >= 4 is 0 Å². The zero-order chi connectivity index (χ0) is 9.84. The lowest BCUT2D eigenvalue weighted by Gasteiger charge is -2.13. The first kappa shape index (κ1) is 9.71. The second-order valence-corrected chi connectivity index (χ2v) is 2.79. The molecule has 2 unspecified atom stereocenters. The summed E-state index contributed by atoms with van der Waals surface area (Å²) in [6, 6.07) is 1.78. The Hall–Kier alpha value is -1.38. The van der Waals surface area contributed by atoms with Crippen molar-refractivity contribution < 1.29 is 10.2 Å². The van der Waals surface area contributed by atoms with Crippen LogP contribution in [0.3, 0.4) is 0 Å². The quantitative estimate of drug-likeness (QED) is 0.613. The van der Waals surface area contributed by atoms with Gasteiger partial charge in [-0.15, -0.1) is 0 Å².